The Morgan fingerprint density at radius 2 is 1.80 bits per heavy atom. The highest BCUT2D eigenvalue weighted by molar-refractivity contribution is 7.87. The summed E-state index contributed by atoms with van der Waals surface area (Å²) in [6.07, 6.45) is 8.36. The first kappa shape index (κ1) is 30.4. The highest BCUT2D eigenvalue weighted by Gasteiger charge is 2.32. The monoisotopic (exact) mass is 620 g/mol. The molecule has 3 heterocycles. The van der Waals surface area contributed by atoms with E-state index in [0.29, 0.717) is 36.8 Å². The van der Waals surface area contributed by atoms with Gasteiger partial charge in [-0.25, -0.2) is 4.72 Å². The molecule has 1 aliphatic carbocycles. The number of rotatable bonds is 6. The quantitative estimate of drug-likeness (QED) is 0.425. The molecular weight excluding hydrogens is 580 g/mol. The van der Waals surface area contributed by atoms with Crippen LogP contribution in [-0.2, 0) is 21.5 Å². The Kier molecular flexibility index (Phi) is 8.29. The van der Waals surface area contributed by atoms with Crippen molar-refractivity contribution in [3.05, 3.63) is 58.7 Å². The van der Waals surface area contributed by atoms with Gasteiger partial charge in [0.05, 0.1) is 25.5 Å². The maximum atomic E-state index is 14.0. The van der Waals surface area contributed by atoms with Crippen LogP contribution in [-0.4, -0.2) is 79.5 Å². The van der Waals surface area contributed by atoms with Gasteiger partial charge in [-0.2, -0.15) is 12.7 Å². The van der Waals surface area contributed by atoms with Crippen LogP contribution < -0.4 is 9.46 Å². The number of benzene rings is 2. The number of β-amino-alcohol motifs (C(OH)–C–C–N with tert-alkyl or cyclic N) is 1. The number of fused-ring (bicyclic) bond motifs is 5. The number of ether oxygens (including phenoxy) is 1. The lowest BCUT2D eigenvalue weighted by Gasteiger charge is -2.31. The molecule has 11 heteroatoms. The van der Waals surface area contributed by atoms with Crippen molar-refractivity contribution in [1.82, 2.24) is 18.5 Å². The van der Waals surface area contributed by atoms with Gasteiger partial charge in [0.1, 0.15) is 5.75 Å². The van der Waals surface area contributed by atoms with Crippen LogP contribution >= 0.6 is 0 Å². The summed E-state index contributed by atoms with van der Waals surface area (Å²) in [5.74, 6) is 0.145. The highest BCUT2D eigenvalue weighted by Crippen LogP contribution is 2.47. The maximum Gasteiger partial charge on any atom is 0.303 e. The summed E-state index contributed by atoms with van der Waals surface area (Å²) in [5, 5.41) is 11.3. The van der Waals surface area contributed by atoms with Gasteiger partial charge in [-0.1, -0.05) is 25.3 Å². The molecular formula is C33H40N4O6S. The SMILES string of the molecule is COc1ccc2c(c1)C=C(C(=O)N1CCC[C@@H](O)C1)Cn1c-2c(C2CCCCC2)c2ccc(C(=O)NS(=O)(=O)N(C)C)cc21. The minimum absolute atomic E-state index is 0.127. The molecule has 2 amide bonds. The number of piperidine rings is 1. The number of nitrogens with one attached hydrogen (secondary N) is 1. The third-order valence-corrected chi connectivity index (χ3v) is 10.6. The molecule has 0 unspecified atom stereocenters. The number of nitrogens with zero attached hydrogens (tertiary/aromatic N) is 3. The molecule has 1 atom stereocenters. The first-order valence-electron chi connectivity index (χ1n) is 15.3. The normalized spacial score (nSPS) is 19.2. The smallest absolute Gasteiger partial charge is 0.303 e. The molecule has 0 spiro atoms. The Bertz CT molecular complexity index is 1750. The van der Waals surface area contributed by atoms with Crippen molar-refractivity contribution in [2.45, 2.75) is 63.5 Å². The number of methoxy groups -OCH3 is 1. The number of hydrogen-bond acceptors (Lipinski definition) is 6. The lowest BCUT2D eigenvalue weighted by atomic mass is 9.81. The van der Waals surface area contributed by atoms with E-state index in [9.17, 15) is 23.1 Å². The van der Waals surface area contributed by atoms with Crippen LogP contribution in [0.25, 0.3) is 28.2 Å². The van der Waals surface area contributed by atoms with Crippen LogP contribution in [0.4, 0.5) is 0 Å². The first-order chi connectivity index (χ1) is 21.1. The molecule has 2 aromatic carbocycles. The Hall–Kier alpha value is -3.67. The van der Waals surface area contributed by atoms with Gasteiger partial charge in [0, 0.05) is 54.8 Å². The molecule has 1 saturated heterocycles. The molecule has 3 aliphatic rings. The summed E-state index contributed by atoms with van der Waals surface area (Å²) in [4.78, 5) is 29.0. The van der Waals surface area contributed by atoms with Gasteiger partial charge in [-0.05, 0) is 79.1 Å². The first-order valence-corrected chi connectivity index (χ1v) is 16.8. The fourth-order valence-electron chi connectivity index (χ4n) is 6.92. The second-order valence-corrected chi connectivity index (χ2v) is 14.2. The van der Waals surface area contributed by atoms with E-state index in [2.05, 4.69) is 9.29 Å². The van der Waals surface area contributed by atoms with Crippen molar-refractivity contribution in [1.29, 1.82) is 0 Å². The molecule has 10 nitrogen and oxygen atoms in total. The predicted molar refractivity (Wildman–Crippen MR) is 170 cm³/mol. The van der Waals surface area contributed by atoms with E-state index in [1.165, 1.54) is 26.1 Å². The molecule has 2 N–H and O–H groups in total. The van der Waals surface area contributed by atoms with E-state index in [0.717, 1.165) is 64.1 Å². The van der Waals surface area contributed by atoms with Crippen LogP contribution in [0.2, 0.25) is 0 Å². The third-order valence-electron chi connectivity index (χ3n) is 9.21. The lowest BCUT2D eigenvalue weighted by molar-refractivity contribution is -0.130. The average molecular weight is 621 g/mol. The average Bonchev–Trinajstić information content (AvgIpc) is 3.23. The fourth-order valence-corrected chi connectivity index (χ4v) is 7.46. The van der Waals surface area contributed by atoms with E-state index in [4.69, 9.17) is 4.74 Å². The Morgan fingerprint density at radius 3 is 2.50 bits per heavy atom. The van der Waals surface area contributed by atoms with Crippen molar-refractivity contribution >= 4 is 39.0 Å². The van der Waals surface area contributed by atoms with Gasteiger partial charge in [-0.3, -0.25) is 9.59 Å². The zero-order chi connectivity index (χ0) is 31.2. The zero-order valence-electron chi connectivity index (χ0n) is 25.5. The van der Waals surface area contributed by atoms with Crippen molar-refractivity contribution < 1.29 is 27.9 Å². The van der Waals surface area contributed by atoms with Crippen molar-refractivity contribution in [3.8, 4) is 17.0 Å². The zero-order valence-corrected chi connectivity index (χ0v) is 26.3. The van der Waals surface area contributed by atoms with E-state index >= 15 is 0 Å². The number of aliphatic hydroxyl groups is 1. The van der Waals surface area contributed by atoms with Gasteiger partial charge in [0.2, 0.25) is 0 Å². The molecule has 1 aromatic heterocycles. The van der Waals surface area contributed by atoms with E-state index in [-0.39, 0.29) is 18.0 Å². The lowest BCUT2D eigenvalue weighted by Crippen LogP contribution is -2.43. The molecule has 234 valence electrons. The third kappa shape index (κ3) is 5.64. The van der Waals surface area contributed by atoms with Crippen LogP contribution in [0.5, 0.6) is 5.75 Å². The summed E-state index contributed by atoms with van der Waals surface area (Å²) < 4.78 is 35.7. The van der Waals surface area contributed by atoms with E-state index in [1.54, 1.807) is 24.1 Å². The molecule has 3 aromatic rings. The summed E-state index contributed by atoms with van der Waals surface area (Å²) in [6.45, 7) is 1.13. The van der Waals surface area contributed by atoms with Crippen molar-refractivity contribution in [2.75, 3.05) is 34.3 Å². The molecule has 2 fully saturated rings. The van der Waals surface area contributed by atoms with Gasteiger partial charge in [-0.15, -0.1) is 0 Å². The standard InChI is InChI=1S/C33H40N4O6S/c1-35(2)44(41,42)34-32(39)22-11-13-28-29(18-22)37-19-24(33(40)36-15-7-10-25(38)20-36)16-23-17-26(43-3)12-14-27(23)31(37)30(28)21-8-5-4-6-9-21/h11-14,16-18,21,25,38H,4-10,15,19-20H2,1-3H3,(H,34,39)/t25-/m1/s1. The second kappa shape index (κ2) is 12.0. The maximum absolute atomic E-state index is 14.0. The summed E-state index contributed by atoms with van der Waals surface area (Å²) >= 11 is 0. The van der Waals surface area contributed by atoms with Crippen LogP contribution in [0.3, 0.4) is 0 Å². The number of hydrogen-bond donors (Lipinski definition) is 2. The summed E-state index contributed by atoms with van der Waals surface area (Å²) in [7, 11) is 0.364. The van der Waals surface area contributed by atoms with Crippen LogP contribution in [0.1, 0.15) is 72.3 Å². The number of aromatic nitrogens is 1. The number of carbonyl (C=O) groups excluding carboxylic acids is 2. The van der Waals surface area contributed by atoms with Crippen LogP contribution in [0.15, 0.2) is 42.0 Å². The molecule has 0 bridgehead atoms. The number of amides is 2. The Balaban J connectivity index is 1.56. The topological polar surface area (TPSA) is 121 Å². The fraction of sp³-hybridized carbons (Fsp3) is 0.455. The highest BCUT2D eigenvalue weighted by atomic mass is 32.2. The molecule has 0 radical (unpaired) electrons. The largest absolute Gasteiger partial charge is 0.497 e. The predicted octanol–water partition coefficient (Wildman–Crippen LogP) is 4.28. The Morgan fingerprint density at radius 1 is 1.02 bits per heavy atom. The molecule has 1 saturated carbocycles. The van der Waals surface area contributed by atoms with Crippen LogP contribution in [0, 0.1) is 0 Å². The van der Waals surface area contributed by atoms with Gasteiger partial charge < -0.3 is 19.3 Å². The number of aliphatic hydroxyl groups excluding tert-OH is 1. The minimum atomic E-state index is -3.98. The van der Waals surface area contributed by atoms with Crippen molar-refractivity contribution in [3.63, 3.8) is 0 Å². The number of carbonyl (C=O) groups is 2. The minimum Gasteiger partial charge on any atom is -0.497 e. The van der Waals surface area contributed by atoms with Gasteiger partial charge in [0.15, 0.2) is 0 Å². The summed E-state index contributed by atoms with van der Waals surface area (Å²) in [5.41, 5.74) is 5.63. The number of likely N-dealkylation sites (tertiary alicyclic amines) is 1. The van der Waals surface area contributed by atoms with Gasteiger partial charge in [0.25, 0.3) is 11.8 Å². The van der Waals surface area contributed by atoms with Gasteiger partial charge >= 0.3 is 10.2 Å². The van der Waals surface area contributed by atoms with E-state index < -0.39 is 22.2 Å². The molecule has 6 rings (SSSR count). The van der Waals surface area contributed by atoms with E-state index in [1.807, 2.05) is 30.3 Å². The van der Waals surface area contributed by atoms with Crippen molar-refractivity contribution in [2.24, 2.45) is 0 Å². The summed E-state index contributed by atoms with van der Waals surface area (Å²) in [6, 6.07) is 11.3. The molecule has 2 aliphatic heterocycles. The molecule has 44 heavy (non-hydrogen) atoms. The second-order valence-electron chi connectivity index (χ2n) is 12.3. The Labute approximate surface area is 258 Å².